The molecule has 1 heterocycles. The van der Waals surface area contributed by atoms with E-state index in [-0.39, 0.29) is 11.7 Å². The molecule has 0 saturated heterocycles. The SMILES string of the molecule is CC(C)(C(=O)Nc1ccc2c(c1)OCCCO2)C(N)=NO. The molecule has 1 aliphatic rings. The van der Waals surface area contributed by atoms with Crippen LogP contribution in [0.5, 0.6) is 11.5 Å². The van der Waals surface area contributed by atoms with Gasteiger partial charge in [-0.2, -0.15) is 0 Å². The predicted octanol–water partition coefficient (Wildman–Crippen LogP) is 1.56. The summed E-state index contributed by atoms with van der Waals surface area (Å²) in [6.07, 6.45) is 0.812. The summed E-state index contributed by atoms with van der Waals surface area (Å²) in [5.41, 5.74) is 4.96. The first kappa shape index (κ1) is 15.0. The number of amides is 1. The molecule has 1 aliphatic heterocycles. The van der Waals surface area contributed by atoms with Gasteiger partial charge in [-0.1, -0.05) is 5.16 Å². The molecule has 1 amide bonds. The molecule has 1 aromatic rings. The second-order valence-corrected chi connectivity index (χ2v) is 5.28. The third kappa shape index (κ3) is 3.18. The minimum atomic E-state index is -1.13. The maximum atomic E-state index is 12.2. The Labute approximate surface area is 122 Å². The number of oxime groups is 1. The van der Waals surface area contributed by atoms with E-state index < -0.39 is 5.41 Å². The molecule has 2 rings (SSSR count). The fourth-order valence-electron chi connectivity index (χ4n) is 1.77. The fourth-order valence-corrected chi connectivity index (χ4v) is 1.77. The molecule has 0 bridgehead atoms. The first-order valence-corrected chi connectivity index (χ1v) is 6.64. The standard InChI is InChI=1S/C14H19N3O4/c1-14(2,12(15)17-19)13(18)16-9-4-5-10-11(8-9)21-7-3-6-20-10/h4-5,8,19H,3,6-7H2,1-2H3,(H2,15,17)(H,16,18). The Balaban J connectivity index is 2.17. The van der Waals surface area contributed by atoms with Crippen LogP contribution in [0.3, 0.4) is 0 Å². The maximum absolute atomic E-state index is 12.2. The number of carbonyl (C=O) groups is 1. The van der Waals surface area contributed by atoms with E-state index in [1.54, 1.807) is 32.0 Å². The predicted molar refractivity (Wildman–Crippen MR) is 77.9 cm³/mol. The van der Waals surface area contributed by atoms with Crippen LogP contribution < -0.4 is 20.5 Å². The number of ether oxygens (including phenoxy) is 2. The van der Waals surface area contributed by atoms with Gasteiger partial charge in [0.1, 0.15) is 5.41 Å². The van der Waals surface area contributed by atoms with Crippen LogP contribution in [0.15, 0.2) is 23.4 Å². The zero-order valence-corrected chi connectivity index (χ0v) is 12.0. The highest BCUT2D eigenvalue weighted by Crippen LogP contribution is 2.32. The molecule has 0 radical (unpaired) electrons. The van der Waals surface area contributed by atoms with Crippen LogP contribution in [0.4, 0.5) is 5.69 Å². The van der Waals surface area contributed by atoms with Crippen molar-refractivity contribution >= 4 is 17.4 Å². The smallest absolute Gasteiger partial charge is 0.237 e. The van der Waals surface area contributed by atoms with Gasteiger partial charge in [-0.3, -0.25) is 4.79 Å². The Hall–Kier alpha value is -2.44. The summed E-state index contributed by atoms with van der Waals surface area (Å²) in [5.74, 6) is 0.703. The average Bonchev–Trinajstić information content (AvgIpc) is 2.70. The second-order valence-electron chi connectivity index (χ2n) is 5.28. The summed E-state index contributed by atoms with van der Waals surface area (Å²) in [5, 5.41) is 14.3. The van der Waals surface area contributed by atoms with E-state index in [4.69, 9.17) is 20.4 Å². The highest BCUT2D eigenvalue weighted by molar-refractivity contribution is 6.11. The van der Waals surface area contributed by atoms with E-state index in [9.17, 15) is 4.79 Å². The van der Waals surface area contributed by atoms with Crippen LogP contribution in [0, 0.1) is 5.41 Å². The Bertz CT molecular complexity index is 569. The topological polar surface area (TPSA) is 106 Å². The monoisotopic (exact) mass is 293 g/mol. The highest BCUT2D eigenvalue weighted by Gasteiger charge is 2.33. The third-order valence-corrected chi connectivity index (χ3v) is 3.32. The van der Waals surface area contributed by atoms with Crippen molar-refractivity contribution < 1.29 is 19.5 Å². The molecule has 7 nitrogen and oxygen atoms in total. The van der Waals surface area contributed by atoms with Crippen molar-refractivity contribution in [3.05, 3.63) is 18.2 Å². The lowest BCUT2D eigenvalue weighted by atomic mass is 9.91. The van der Waals surface area contributed by atoms with Crippen LogP contribution in [0.25, 0.3) is 0 Å². The van der Waals surface area contributed by atoms with Gasteiger partial charge in [0.2, 0.25) is 5.91 Å². The summed E-state index contributed by atoms with van der Waals surface area (Å²) in [4.78, 5) is 12.2. The molecule has 1 aromatic carbocycles. The van der Waals surface area contributed by atoms with E-state index in [0.29, 0.717) is 30.4 Å². The summed E-state index contributed by atoms with van der Waals surface area (Å²) in [6, 6.07) is 5.15. The summed E-state index contributed by atoms with van der Waals surface area (Å²) in [6.45, 7) is 4.32. The van der Waals surface area contributed by atoms with Crippen molar-refractivity contribution in [2.24, 2.45) is 16.3 Å². The molecule has 0 fully saturated rings. The molecular weight excluding hydrogens is 274 g/mol. The fraction of sp³-hybridized carbons (Fsp3) is 0.429. The summed E-state index contributed by atoms with van der Waals surface area (Å²) >= 11 is 0. The van der Waals surface area contributed by atoms with Crippen LogP contribution in [-0.4, -0.2) is 30.2 Å². The molecule has 0 aromatic heterocycles. The Morgan fingerprint density at radius 3 is 2.67 bits per heavy atom. The maximum Gasteiger partial charge on any atom is 0.237 e. The lowest BCUT2D eigenvalue weighted by molar-refractivity contribution is -0.121. The minimum Gasteiger partial charge on any atom is -0.490 e. The van der Waals surface area contributed by atoms with Crippen LogP contribution in [0.2, 0.25) is 0 Å². The van der Waals surface area contributed by atoms with E-state index in [2.05, 4.69) is 10.5 Å². The van der Waals surface area contributed by atoms with Gasteiger partial charge in [-0.15, -0.1) is 0 Å². The average molecular weight is 293 g/mol. The molecule has 0 atom stereocenters. The summed E-state index contributed by atoms with van der Waals surface area (Å²) in [7, 11) is 0. The molecule has 21 heavy (non-hydrogen) atoms. The zero-order valence-electron chi connectivity index (χ0n) is 12.0. The number of nitrogens with two attached hydrogens (primary N) is 1. The van der Waals surface area contributed by atoms with Crippen molar-refractivity contribution in [3.8, 4) is 11.5 Å². The van der Waals surface area contributed by atoms with Gasteiger partial charge in [0.15, 0.2) is 17.3 Å². The molecule has 4 N–H and O–H groups in total. The molecule has 0 unspecified atom stereocenters. The minimum absolute atomic E-state index is 0.158. The van der Waals surface area contributed by atoms with Gasteiger partial charge in [-0.25, -0.2) is 0 Å². The van der Waals surface area contributed by atoms with Crippen molar-refractivity contribution in [1.82, 2.24) is 0 Å². The number of hydrogen-bond donors (Lipinski definition) is 3. The van der Waals surface area contributed by atoms with Crippen molar-refractivity contribution in [3.63, 3.8) is 0 Å². The molecule has 0 spiro atoms. The van der Waals surface area contributed by atoms with Crippen molar-refractivity contribution in [2.45, 2.75) is 20.3 Å². The molecule has 7 heteroatoms. The quantitative estimate of drug-likeness (QED) is 0.339. The number of nitrogens with one attached hydrogen (secondary N) is 1. The number of anilines is 1. The van der Waals surface area contributed by atoms with Crippen LogP contribution >= 0.6 is 0 Å². The molecule has 0 saturated carbocycles. The lowest BCUT2D eigenvalue weighted by Gasteiger charge is -2.22. The Morgan fingerprint density at radius 2 is 2.00 bits per heavy atom. The van der Waals surface area contributed by atoms with Gasteiger partial charge >= 0.3 is 0 Å². The zero-order chi connectivity index (χ0) is 15.5. The number of rotatable bonds is 3. The van der Waals surface area contributed by atoms with Gasteiger partial charge in [0, 0.05) is 18.2 Å². The van der Waals surface area contributed by atoms with E-state index in [1.807, 2.05) is 0 Å². The first-order valence-electron chi connectivity index (χ1n) is 6.64. The molecule has 0 aliphatic carbocycles. The third-order valence-electron chi connectivity index (χ3n) is 3.32. The number of hydrogen-bond acceptors (Lipinski definition) is 5. The number of amidine groups is 1. The van der Waals surface area contributed by atoms with Crippen molar-refractivity contribution in [1.29, 1.82) is 0 Å². The van der Waals surface area contributed by atoms with E-state index in [0.717, 1.165) is 6.42 Å². The Kier molecular flexibility index (Phi) is 4.21. The first-order chi connectivity index (χ1) is 9.95. The highest BCUT2D eigenvalue weighted by atomic mass is 16.5. The van der Waals surface area contributed by atoms with Gasteiger partial charge in [-0.05, 0) is 26.0 Å². The second kappa shape index (κ2) is 5.90. The normalized spacial score (nSPS) is 15.2. The van der Waals surface area contributed by atoms with Crippen molar-refractivity contribution in [2.75, 3.05) is 18.5 Å². The van der Waals surface area contributed by atoms with E-state index >= 15 is 0 Å². The summed E-state index contributed by atoms with van der Waals surface area (Å²) < 4.78 is 11.1. The number of benzene rings is 1. The lowest BCUT2D eigenvalue weighted by Crippen LogP contribution is -2.42. The molecule has 114 valence electrons. The largest absolute Gasteiger partial charge is 0.490 e. The Morgan fingerprint density at radius 1 is 1.33 bits per heavy atom. The van der Waals surface area contributed by atoms with Gasteiger partial charge < -0.3 is 25.7 Å². The number of carbonyl (C=O) groups excluding carboxylic acids is 1. The van der Waals surface area contributed by atoms with Gasteiger partial charge in [0.25, 0.3) is 0 Å². The van der Waals surface area contributed by atoms with Crippen LogP contribution in [0.1, 0.15) is 20.3 Å². The van der Waals surface area contributed by atoms with E-state index in [1.165, 1.54) is 0 Å². The molecular formula is C14H19N3O4. The van der Waals surface area contributed by atoms with Crippen LogP contribution in [-0.2, 0) is 4.79 Å². The number of nitrogens with zero attached hydrogens (tertiary/aromatic N) is 1. The number of fused-ring (bicyclic) bond motifs is 1. The van der Waals surface area contributed by atoms with Gasteiger partial charge in [0.05, 0.1) is 13.2 Å².